The van der Waals surface area contributed by atoms with Gasteiger partial charge >= 0.3 is 0 Å². The fourth-order valence-electron chi connectivity index (χ4n) is 4.81. The van der Waals surface area contributed by atoms with Gasteiger partial charge in [0.25, 0.3) is 11.8 Å². The molecule has 2 amide bonds. The maximum Gasteiger partial charge on any atom is 0.251 e. The lowest BCUT2D eigenvalue weighted by Gasteiger charge is -2.40. The Morgan fingerprint density at radius 2 is 1.02 bits per heavy atom. The topological polar surface area (TPSA) is 264 Å². The van der Waals surface area contributed by atoms with Crippen molar-refractivity contribution in [1.29, 1.82) is 0 Å². The third-order valence-electron chi connectivity index (χ3n) is 7.21. The first kappa shape index (κ1) is 34.3. The third-order valence-corrected chi connectivity index (χ3v) is 7.76. The molecule has 18 heteroatoms. The molecule has 4 rings (SSSR count). The molecule has 2 saturated heterocycles. The van der Waals surface area contributed by atoms with E-state index in [-0.39, 0.29) is 45.7 Å². The smallest absolute Gasteiger partial charge is 0.251 e. The van der Waals surface area contributed by atoms with Gasteiger partial charge in [-0.3, -0.25) is 9.59 Å². The molecule has 242 valence electrons. The summed E-state index contributed by atoms with van der Waals surface area (Å²) in [6, 6.07) is 2.30. The van der Waals surface area contributed by atoms with Crippen LogP contribution in [-0.4, -0.2) is 137 Å². The minimum Gasteiger partial charge on any atom is -0.394 e. The van der Waals surface area contributed by atoms with Crippen molar-refractivity contribution >= 4 is 35.0 Å². The van der Waals surface area contributed by atoms with Gasteiger partial charge in [-0.15, -0.1) is 23.2 Å². The van der Waals surface area contributed by atoms with Crippen LogP contribution in [0.3, 0.4) is 0 Å². The molecule has 0 spiro atoms. The van der Waals surface area contributed by atoms with E-state index >= 15 is 0 Å². The number of carbonyl (C=O) groups is 2. The standard InChI is InChI=1S/C26H32Cl2N4O12/c27-5-11-1-9(23(39)31-17-21(37)19(35)15(7-33)43-25(17)41)3-13(29-11)14-4-10(2-12(6-28)30-14)24(40)32-18-22(38)20(36)16(8-34)44-26(18)42/h1-4,15-22,25-26,33-38,41-42H,5-8H2,(H,31,39)(H,32,40)/t15?,16?,17?,18?,19-,20-,21?,22?,25+,26+/m1/s1. The first-order valence-electron chi connectivity index (χ1n) is 13.3. The highest BCUT2D eigenvalue weighted by Gasteiger charge is 2.45. The summed E-state index contributed by atoms with van der Waals surface area (Å²) in [6.45, 7) is -1.36. The molecular weight excluding hydrogens is 631 g/mol. The van der Waals surface area contributed by atoms with E-state index in [1.165, 1.54) is 24.3 Å². The summed E-state index contributed by atoms with van der Waals surface area (Å²) < 4.78 is 10.1. The van der Waals surface area contributed by atoms with E-state index in [1.807, 2.05) is 0 Å². The summed E-state index contributed by atoms with van der Waals surface area (Å²) in [5, 5.41) is 84.8. The molecule has 0 bridgehead atoms. The van der Waals surface area contributed by atoms with Gasteiger partial charge in [0, 0.05) is 11.1 Å². The zero-order chi connectivity index (χ0) is 32.3. The molecule has 2 aliphatic rings. The Morgan fingerprint density at radius 3 is 1.34 bits per heavy atom. The molecule has 2 aromatic rings. The highest BCUT2D eigenvalue weighted by molar-refractivity contribution is 6.17. The van der Waals surface area contributed by atoms with Crippen molar-refractivity contribution in [2.45, 2.75) is 73.0 Å². The minimum atomic E-state index is -1.76. The van der Waals surface area contributed by atoms with Crippen LogP contribution in [0.5, 0.6) is 0 Å². The summed E-state index contributed by atoms with van der Waals surface area (Å²) in [6.07, 6.45) is -12.6. The number of aliphatic hydroxyl groups excluding tert-OH is 8. The monoisotopic (exact) mass is 662 g/mol. The van der Waals surface area contributed by atoms with Crippen LogP contribution < -0.4 is 10.6 Å². The molecule has 16 nitrogen and oxygen atoms in total. The van der Waals surface area contributed by atoms with Gasteiger partial charge in [-0.25, -0.2) is 9.97 Å². The number of halogens is 2. The molecule has 10 N–H and O–H groups in total. The van der Waals surface area contributed by atoms with Crippen molar-refractivity contribution in [2.24, 2.45) is 0 Å². The Hall–Kier alpha value is -2.58. The van der Waals surface area contributed by atoms with Gasteiger partial charge in [-0.05, 0) is 24.3 Å². The second-order valence-electron chi connectivity index (χ2n) is 10.2. The molecule has 2 aliphatic heterocycles. The van der Waals surface area contributed by atoms with Crippen LogP contribution in [0.4, 0.5) is 0 Å². The lowest BCUT2D eigenvalue weighted by atomic mass is 9.96. The number of rotatable bonds is 9. The van der Waals surface area contributed by atoms with Crippen LogP contribution in [0.25, 0.3) is 11.4 Å². The van der Waals surface area contributed by atoms with E-state index in [1.54, 1.807) is 0 Å². The highest BCUT2D eigenvalue weighted by atomic mass is 35.5. The molecule has 2 fully saturated rings. The van der Waals surface area contributed by atoms with Gasteiger partial charge in [0.05, 0.1) is 47.7 Å². The number of ether oxygens (including phenoxy) is 2. The Kier molecular flexibility index (Phi) is 11.4. The Bertz CT molecular complexity index is 1240. The molecule has 4 heterocycles. The third kappa shape index (κ3) is 7.28. The van der Waals surface area contributed by atoms with Gasteiger partial charge in [0.1, 0.15) is 48.7 Å². The largest absolute Gasteiger partial charge is 0.394 e. The molecule has 44 heavy (non-hydrogen) atoms. The van der Waals surface area contributed by atoms with E-state index in [0.29, 0.717) is 0 Å². The van der Waals surface area contributed by atoms with Crippen LogP contribution in [-0.2, 0) is 21.2 Å². The predicted molar refractivity (Wildman–Crippen MR) is 149 cm³/mol. The van der Waals surface area contributed by atoms with Crippen molar-refractivity contribution in [3.8, 4) is 11.4 Å². The number of aromatic nitrogens is 2. The van der Waals surface area contributed by atoms with Crippen molar-refractivity contribution in [2.75, 3.05) is 13.2 Å². The molecular formula is C26H32Cl2N4O12. The second-order valence-corrected chi connectivity index (χ2v) is 10.7. The number of aliphatic hydroxyl groups is 8. The van der Waals surface area contributed by atoms with Crippen molar-refractivity contribution < 1.29 is 59.9 Å². The minimum absolute atomic E-state index is 0.0501. The first-order valence-corrected chi connectivity index (χ1v) is 14.4. The zero-order valence-electron chi connectivity index (χ0n) is 22.8. The fraction of sp³-hybridized carbons (Fsp3) is 0.538. The summed E-state index contributed by atoms with van der Waals surface area (Å²) in [4.78, 5) is 35.1. The molecule has 2 aromatic heterocycles. The summed E-state index contributed by atoms with van der Waals surface area (Å²) in [5.41, 5.74) is 0.448. The number of alkyl halides is 2. The number of pyridine rings is 2. The maximum absolute atomic E-state index is 13.2. The van der Waals surface area contributed by atoms with E-state index in [9.17, 15) is 50.4 Å². The second kappa shape index (κ2) is 14.7. The number of nitrogens with zero attached hydrogens (tertiary/aromatic N) is 2. The number of hydrogen-bond acceptors (Lipinski definition) is 14. The van der Waals surface area contributed by atoms with Gasteiger partial charge in [0.2, 0.25) is 0 Å². The fourth-order valence-corrected chi connectivity index (χ4v) is 5.09. The van der Waals surface area contributed by atoms with Gasteiger partial charge < -0.3 is 61.0 Å². The average Bonchev–Trinajstić information content (AvgIpc) is 3.03. The van der Waals surface area contributed by atoms with Gasteiger partial charge in [0.15, 0.2) is 12.6 Å². The number of carbonyl (C=O) groups excluding carboxylic acids is 2. The van der Waals surface area contributed by atoms with E-state index < -0.39 is 86.3 Å². The Labute approximate surface area is 259 Å². The summed E-state index contributed by atoms with van der Waals surface area (Å²) in [7, 11) is 0. The molecule has 0 saturated carbocycles. The number of hydrogen-bond donors (Lipinski definition) is 10. The lowest BCUT2D eigenvalue weighted by molar-refractivity contribution is -0.252. The van der Waals surface area contributed by atoms with E-state index in [2.05, 4.69) is 20.6 Å². The van der Waals surface area contributed by atoms with Crippen molar-refractivity contribution in [3.05, 3.63) is 46.8 Å². The molecule has 0 aromatic carbocycles. The van der Waals surface area contributed by atoms with E-state index in [0.717, 1.165) is 0 Å². The molecule has 6 unspecified atom stereocenters. The zero-order valence-corrected chi connectivity index (χ0v) is 24.3. The van der Waals surface area contributed by atoms with E-state index in [4.69, 9.17) is 32.7 Å². The van der Waals surface area contributed by atoms with Gasteiger partial charge in [-0.2, -0.15) is 0 Å². The maximum atomic E-state index is 13.2. The van der Waals surface area contributed by atoms with Crippen LogP contribution >= 0.6 is 23.2 Å². The quantitative estimate of drug-likeness (QED) is 0.118. The SMILES string of the molecule is O=C(NC1C(O)[C@H](O)C(CO)O[C@@H]1O)c1cc(CCl)nc(-c2cc(C(=O)NC3C(O)[C@H](O)C(CO)O[C@@H]3O)cc(CCl)n2)c1. The Morgan fingerprint density at radius 1 is 0.659 bits per heavy atom. The highest BCUT2D eigenvalue weighted by Crippen LogP contribution is 2.25. The number of amides is 2. The molecule has 10 atom stereocenters. The molecule has 0 aliphatic carbocycles. The summed E-state index contributed by atoms with van der Waals surface area (Å²) in [5.74, 6) is -1.96. The first-order chi connectivity index (χ1) is 20.9. The normalized spacial score (nSPS) is 32.2. The predicted octanol–water partition coefficient (Wildman–Crippen LogP) is -3.32. The lowest BCUT2D eigenvalue weighted by Crippen LogP contribution is -2.64. The van der Waals surface area contributed by atoms with Crippen molar-refractivity contribution in [1.82, 2.24) is 20.6 Å². The van der Waals surface area contributed by atoms with Crippen LogP contribution in [0.15, 0.2) is 24.3 Å². The van der Waals surface area contributed by atoms with Crippen LogP contribution in [0.2, 0.25) is 0 Å². The average molecular weight is 663 g/mol. The van der Waals surface area contributed by atoms with Crippen LogP contribution in [0.1, 0.15) is 32.1 Å². The number of nitrogens with one attached hydrogen (secondary N) is 2. The molecule has 0 radical (unpaired) electrons. The summed E-state index contributed by atoms with van der Waals surface area (Å²) >= 11 is 12.0. The van der Waals surface area contributed by atoms with Crippen LogP contribution in [0, 0.1) is 0 Å². The van der Waals surface area contributed by atoms with Gasteiger partial charge in [-0.1, -0.05) is 0 Å². The Balaban J connectivity index is 1.61. The van der Waals surface area contributed by atoms with Crippen molar-refractivity contribution in [3.63, 3.8) is 0 Å².